The van der Waals surface area contributed by atoms with E-state index >= 15 is 0 Å². The summed E-state index contributed by atoms with van der Waals surface area (Å²) in [6.07, 6.45) is 2.94. The molecule has 0 amide bonds. The van der Waals surface area contributed by atoms with Crippen molar-refractivity contribution in [1.82, 2.24) is 4.90 Å². The number of carbonyl (C=O) groups is 1. The molecule has 1 fully saturated rings. The summed E-state index contributed by atoms with van der Waals surface area (Å²) in [6.45, 7) is 2.70. The second-order valence-electron chi connectivity index (χ2n) is 7.14. The van der Waals surface area contributed by atoms with E-state index in [0.29, 0.717) is 5.56 Å². The van der Waals surface area contributed by atoms with Gasteiger partial charge in [0.2, 0.25) is 0 Å². The van der Waals surface area contributed by atoms with Gasteiger partial charge in [-0.1, -0.05) is 42.5 Å². The highest BCUT2D eigenvalue weighted by molar-refractivity contribution is 5.87. The first kappa shape index (κ1) is 17.6. The van der Waals surface area contributed by atoms with Crippen LogP contribution >= 0.6 is 0 Å². The van der Waals surface area contributed by atoms with Crippen LogP contribution in [0, 0.1) is 5.41 Å². The number of hydrogen-bond donors (Lipinski definition) is 2. The molecule has 2 aromatic rings. The minimum absolute atomic E-state index is 0.121. The van der Waals surface area contributed by atoms with E-state index in [-0.39, 0.29) is 12.0 Å². The van der Waals surface area contributed by atoms with Crippen molar-refractivity contribution in [3.8, 4) is 0 Å². The number of piperidine rings is 1. The van der Waals surface area contributed by atoms with E-state index in [2.05, 4.69) is 17.0 Å². The van der Waals surface area contributed by atoms with Crippen LogP contribution < -0.4 is 0 Å². The van der Waals surface area contributed by atoms with Gasteiger partial charge in [0, 0.05) is 18.5 Å². The Kier molecular flexibility index (Phi) is 5.51. The van der Waals surface area contributed by atoms with Gasteiger partial charge in [0.05, 0.1) is 12.2 Å². The van der Waals surface area contributed by atoms with Crippen molar-refractivity contribution in [2.45, 2.75) is 25.8 Å². The summed E-state index contributed by atoms with van der Waals surface area (Å²) < 4.78 is 0. The molecule has 0 aliphatic carbocycles. The van der Waals surface area contributed by atoms with Crippen LogP contribution in [0.4, 0.5) is 0 Å². The Morgan fingerprint density at radius 1 is 1.08 bits per heavy atom. The van der Waals surface area contributed by atoms with Gasteiger partial charge in [0.1, 0.15) is 0 Å². The number of aliphatic hydroxyl groups is 1. The van der Waals surface area contributed by atoms with Crippen molar-refractivity contribution in [3.63, 3.8) is 0 Å². The Hall–Kier alpha value is -2.17. The summed E-state index contributed by atoms with van der Waals surface area (Å²) in [5, 5.41) is 19.3. The fourth-order valence-corrected chi connectivity index (χ4v) is 3.86. The fourth-order valence-electron chi connectivity index (χ4n) is 3.86. The number of benzene rings is 2. The minimum Gasteiger partial charge on any atom is -0.478 e. The Bertz CT molecular complexity index is 716. The molecule has 1 atom stereocenters. The maximum Gasteiger partial charge on any atom is 0.335 e. The molecular weight excluding hydrogens is 314 g/mol. The van der Waals surface area contributed by atoms with E-state index in [1.807, 2.05) is 24.3 Å². The Morgan fingerprint density at radius 3 is 2.56 bits per heavy atom. The molecule has 0 bridgehead atoms. The third-order valence-electron chi connectivity index (χ3n) is 5.08. The maximum atomic E-state index is 11.2. The molecule has 0 spiro atoms. The SMILES string of the molecule is O=C(O)c1cccc(CN2CCCC(CO)(Cc3ccccc3)C2)c1. The number of nitrogens with zero attached hydrogens (tertiary/aromatic N) is 1. The van der Waals surface area contributed by atoms with Crippen molar-refractivity contribution < 1.29 is 15.0 Å². The van der Waals surface area contributed by atoms with Crippen molar-refractivity contribution in [3.05, 3.63) is 71.3 Å². The van der Waals surface area contributed by atoms with Crippen LogP contribution in [-0.2, 0) is 13.0 Å². The number of hydrogen-bond acceptors (Lipinski definition) is 3. The summed E-state index contributed by atoms with van der Waals surface area (Å²) in [5.41, 5.74) is 2.47. The summed E-state index contributed by atoms with van der Waals surface area (Å²) in [6, 6.07) is 17.5. The van der Waals surface area contributed by atoms with E-state index in [1.165, 1.54) is 5.56 Å². The molecule has 0 saturated carbocycles. The number of carboxylic acids is 1. The van der Waals surface area contributed by atoms with Crippen LogP contribution in [0.25, 0.3) is 0 Å². The second-order valence-corrected chi connectivity index (χ2v) is 7.14. The van der Waals surface area contributed by atoms with Crippen molar-refractivity contribution >= 4 is 5.97 Å². The van der Waals surface area contributed by atoms with E-state index in [9.17, 15) is 9.90 Å². The first-order valence-corrected chi connectivity index (χ1v) is 8.80. The highest BCUT2D eigenvalue weighted by atomic mass is 16.4. The Balaban J connectivity index is 1.71. The quantitative estimate of drug-likeness (QED) is 0.848. The number of aromatic carboxylic acids is 1. The molecule has 25 heavy (non-hydrogen) atoms. The third kappa shape index (κ3) is 4.47. The maximum absolute atomic E-state index is 11.2. The summed E-state index contributed by atoms with van der Waals surface area (Å²) in [7, 11) is 0. The predicted octanol–water partition coefficient (Wildman–Crippen LogP) is 3.20. The van der Waals surface area contributed by atoms with Crippen LogP contribution in [0.3, 0.4) is 0 Å². The number of likely N-dealkylation sites (tertiary alicyclic amines) is 1. The van der Waals surface area contributed by atoms with Crippen LogP contribution in [0.1, 0.15) is 34.3 Å². The van der Waals surface area contributed by atoms with Gasteiger partial charge in [0.25, 0.3) is 0 Å². The standard InChI is InChI=1S/C21H25NO3/c23-16-21(13-17-6-2-1-3-7-17)10-5-11-22(15-21)14-18-8-4-9-19(12-18)20(24)25/h1-4,6-9,12,23H,5,10-11,13-16H2,(H,24,25). The molecule has 0 radical (unpaired) electrons. The highest BCUT2D eigenvalue weighted by Crippen LogP contribution is 2.34. The minimum atomic E-state index is -0.894. The summed E-state index contributed by atoms with van der Waals surface area (Å²) >= 11 is 0. The largest absolute Gasteiger partial charge is 0.478 e. The third-order valence-corrected chi connectivity index (χ3v) is 5.08. The van der Waals surface area contributed by atoms with E-state index in [4.69, 9.17) is 5.11 Å². The molecule has 1 unspecified atom stereocenters. The molecule has 1 aliphatic heterocycles. The lowest BCUT2D eigenvalue weighted by Gasteiger charge is -2.42. The van der Waals surface area contributed by atoms with Crippen LogP contribution in [0.2, 0.25) is 0 Å². The van der Waals surface area contributed by atoms with Crippen molar-refractivity contribution in [2.24, 2.45) is 5.41 Å². The number of aliphatic hydroxyl groups excluding tert-OH is 1. The lowest BCUT2D eigenvalue weighted by atomic mass is 9.75. The van der Waals surface area contributed by atoms with Crippen molar-refractivity contribution in [1.29, 1.82) is 0 Å². The second kappa shape index (κ2) is 7.81. The summed E-state index contributed by atoms with van der Waals surface area (Å²) in [5.74, 6) is -0.894. The number of carboxylic acid groups (broad SMARTS) is 1. The van der Waals surface area contributed by atoms with Gasteiger partial charge < -0.3 is 10.2 Å². The average Bonchev–Trinajstić information content (AvgIpc) is 2.63. The molecule has 1 heterocycles. The van der Waals surface area contributed by atoms with E-state index in [1.54, 1.807) is 18.2 Å². The van der Waals surface area contributed by atoms with Crippen LogP contribution in [0.15, 0.2) is 54.6 Å². The molecule has 1 saturated heterocycles. The van der Waals surface area contributed by atoms with Crippen molar-refractivity contribution in [2.75, 3.05) is 19.7 Å². The number of rotatable bonds is 6. The van der Waals surface area contributed by atoms with Gasteiger partial charge in [-0.25, -0.2) is 4.79 Å². The van der Waals surface area contributed by atoms with Gasteiger partial charge in [0.15, 0.2) is 0 Å². The Labute approximate surface area is 148 Å². The van der Waals surface area contributed by atoms with Crippen LogP contribution in [-0.4, -0.2) is 40.8 Å². The molecular formula is C21H25NO3. The van der Waals surface area contributed by atoms with E-state index < -0.39 is 5.97 Å². The fraction of sp³-hybridized carbons (Fsp3) is 0.381. The zero-order valence-electron chi connectivity index (χ0n) is 14.4. The van der Waals surface area contributed by atoms with Gasteiger partial charge in [-0.05, 0) is 49.1 Å². The summed E-state index contributed by atoms with van der Waals surface area (Å²) in [4.78, 5) is 13.5. The smallest absolute Gasteiger partial charge is 0.335 e. The lowest BCUT2D eigenvalue weighted by molar-refractivity contribution is 0.0288. The molecule has 2 N–H and O–H groups in total. The molecule has 132 valence electrons. The zero-order chi connectivity index (χ0) is 17.7. The molecule has 0 aromatic heterocycles. The normalized spacial score (nSPS) is 21.2. The highest BCUT2D eigenvalue weighted by Gasteiger charge is 2.35. The average molecular weight is 339 g/mol. The zero-order valence-corrected chi connectivity index (χ0v) is 14.4. The molecule has 4 nitrogen and oxygen atoms in total. The first-order chi connectivity index (χ1) is 12.1. The predicted molar refractivity (Wildman–Crippen MR) is 97.6 cm³/mol. The van der Waals surface area contributed by atoms with Crippen LogP contribution in [0.5, 0.6) is 0 Å². The monoisotopic (exact) mass is 339 g/mol. The topological polar surface area (TPSA) is 60.8 Å². The molecule has 3 rings (SSSR count). The van der Waals surface area contributed by atoms with Gasteiger partial charge >= 0.3 is 5.97 Å². The van der Waals surface area contributed by atoms with Gasteiger partial charge in [-0.3, -0.25) is 4.90 Å². The van der Waals surface area contributed by atoms with E-state index in [0.717, 1.165) is 44.5 Å². The molecule has 4 heteroatoms. The van der Waals surface area contributed by atoms with Gasteiger partial charge in [-0.2, -0.15) is 0 Å². The molecule has 1 aliphatic rings. The van der Waals surface area contributed by atoms with Gasteiger partial charge in [-0.15, -0.1) is 0 Å². The first-order valence-electron chi connectivity index (χ1n) is 8.80. The Morgan fingerprint density at radius 2 is 1.84 bits per heavy atom. The lowest BCUT2D eigenvalue weighted by Crippen LogP contribution is -2.46. The molecule has 2 aromatic carbocycles.